The number of hydrogen-bond donors (Lipinski definition) is 1. The molecule has 2 rings (SSSR count). The third-order valence-electron chi connectivity index (χ3n) is 2.50. The van der Waals surface area contributed by atoms with Gasteiger partial charge in [0, 0.05) is 22.1 Å². The van der Waals surface area contributed by atoms with E-state index in [1.54, 1.807) is 0 Å². The van der Waals surface area contributed by atoms with E-state index in [9.17, 15) is 0 Å². The molecule has 84 valence electrons. The summed E-state index contributed by atoms with van der Waals surface area (Å²) in [4.78, 5) is 3.09. The van der Waals surface area contributed by atoms with Gasteiger partial charge in [0.25, 0.3) is 0 Å². The van der Waals surface area contributed by atoms with Crippen LogP contribution in [0.1, 0.15) is 18.2 Å². The van der Waals surface area contributed by atoms with Gasteiger partial charge < -0.3 is 4.98 Å². The molecular formula is C12H13BrN2S. The minimum absolute atomic E-state index is 0.745. The van der Waals surface area contributed by atoms with E-state index >= 15 is 0 Å². The largest absolute Gasteiger partial charge is 0.337 e. The molecule has 0 aliphatic rings. The normalized spacial score (nSPS) is 10.7. The summed E-state index contributed by atoms with van der Waals surface area (Å²) in [5.41, 5.74) is 3.52. The molecule has 1 aromatic carbocycles. The fourth-order valence-corrected chi connectivity index (χ4v) is 2.67. The Labute approximate surface area is 108 Å². The molecule has 0 radical (unpaired) electrons. The molecular weight excluding hydrogens is 284 g/mol. The summed E-state index contributed by atoms with van der Waals surface area (Å²) in [5, 5.41) is 0. The lowest BCUT2D eigenvalue weighted by molar-refractivity contribution is 0.920. The molecule has 0 aliphatic heterocycles. The molecule has 0 bridgehead atoms. The third-order valence-corrected chi connectivity index (χ3v) is 3.26. The van der Waals surface area contributed by atoms with Crippen molar-refractivity contribution in [1.29, 1.82) is 0 Å². The number of aryl methyl sites for hydroxylation is 2. The monoisotopic (exact) mass is 296 g/mol. The van der Waals surface area contributed by atoms with E-state index in [0.29, 0.717) is 0 Å². The first kappa shape index (κ1) is 11.6. The third kappa shape index (κ3) is 2.13. The zero-order chi connectivity index (χ0) is 11.7. The van der Waals surface area contributed by atoms with Crippen molar-refractivity contribution in [2.45, 2.75) is 20.3 Å². The molecule has 0 atom stereocenters. The van der Waals surface area contributed by atoms with Crippen LogP contribution in [0, 0.1) is 11.7 Å². The van der Waals surface area contributed by atoms with Crippen molar-refractivity contribution >= 4 is 28.1 Å². The molecule has 2 aromatic rings. The number of aromatic amines is 1. The summed E-state index contributed by atoms with van der Waals surface area (Å²) in [7, 11) is 0. The molecule has 0 fully saturated rings. The Kier molecular flexibility index (Phi) is 3.30. The topological polar surface area (TPSA) is 20.7 Å². The molecule has 0 unspecified atom stereocenters. The van der Waals surface area contributed by atoms with Crippen molar-refractivity contribution in [2.75, 3.05) is 0 Å². The van der Waals surface area contributed by atoms with Gasteiger partial charge in [0.05, 0.1) is 0 Å². The van der Waals surface area contributed by atoms with E-state index < -0.39 is 0 Å². The summed E-state index contributed by atoms with van der Waals surface area (Å²) < 4.78 is 3.90. The van der Waals surface area contributed by atoms with Crippen LogP contribution in [-0.2, 0) is 6.42 Å². The van der Waals surface area contributed by atoms with Gasteiger partial charge in [-0.05, 0) is 49.3 Å². The lowest BCUT2D eigenvalue weighted by Crippen LogP contribution is -1.99. The van der Waals surface area contributed by atoms with E-state index in [1.807, 2.05) is 6.20 Å². The highest BCUT2D eigenvalue weighted by Gasteiger charge is 2.05. The second-order valence-corrected chi connectivity index (χ2v) is 5.06. The Morgan fingerprint density at radius 1 is 1.38 bits per heavy atom. The maximum Gasteiger partial charge on any atom is 0.182 e. The number of nitrogens with zero attached hydrogens (tertiary/aromatic N) is 1. The van der Waals surface area contributed by atoms with Crippen LogP contribution in [0.25, 0.3) is 5.69 Å². The first-order chi connectivity index (χ1) is 7.61. The van der Waals surface area contributed by atoms with E-state index in [0.717, 1.165) is 21.4 Å². The quantitative estimate of drug-likeness (QED) is 0.825. The van der Waals surface area contributed by atoms with Crippen LogP contribution in [0.5, 0.6) is 0 Å². The van der Waals surface area contributed by atoms with Gasteiger partial charge in [-0.2, -0.15) is 0 Å². The lowest BCUT2D eigenvalue weighted by atomic mass is 10.2. The fraction of sp³-hybridized carbons (Fsp3) is 0.250. The van der Waals surface area contributed by atoms with Gasteiger partial charge in [-0.3, -0.25) is 4.57 Å². The van der Waals surface area contributed by atoms with Crippen LogP contribution < -0.4 is 0 Å². The molecule has 0 spiro atoms. The van der Waals surface area contributed by atoms with Gasteiger partial charge in [0.1, 0.15) is 0 Å². The fourth-order valence-electron chi connectivity index (χ4n) is 1.79. The van der Waals surface area contributed by atoms with Crippen LogP contribution in [-0.4, -0.2) is 9.55 Å². The van der Waals surface area contributed by atoms with Gasteiger partial charge in [-0.15, -0.1) is 0 Å². The predicted octanol–water partition coefficient (Wildman–Crippen LogP) is 4.17. The Bertz CT molecular complexity index is 548. The van der Waals surface area contributed by atoms with E-state index in [2.05, 4.69) is 57.5 Å². The SMILES string of the molecule is CCc1c[nH]c(=S)n1-c1cc(C)cc(Br)c1. The molecule has 16 heavy (non-hydrogen) atoms. The lowest BCUT2D eigenvalue weighted by Gasteiger charge is -2.08. The first-order valence-electron chi connectivity index (χ1n) is 5.18. The molecule has 1 N–H and O–H groups in total. The van der Waals surface area contributed by atoms with Gasteiger partial charge in [-0.1, -0.05) is 22.9 Å². The highest BCUT2D eigenvalue weighted by atomic mass is 79.9. The summed E-state index contributed by atoms with van der Waals surface area (Å²) in [6.07, 6.45) is 2.93. The Morgan fingerprint density at radius 3 is 2.75 bits per heavy atom. The summed E-state index contributed by atoms with van der Waals surface area (Å²) in [5.74, 6) is 0. The number of aromatic nitrogens is 2. The minimum atomic E-state index is 0.745. The zero-order valence-corrected chi connectivity index (χ0v) is 11.7. The van der Waals surface area contributed by atoms with Crippen LogP contribution in [0.2, 0.25) is 0 Å². The average Bonchev–Trinajstić information content (AvgIpc) is 2.58. The number of halogens is 1. The van der Waals surface area contributed by atoms with Crippen molar-refractivity contribution < 1.29 is 0 Å². The molecule has 2 nitrogen and oxygen atoms in total. The van der Waals surface area contributed by atoms with Crippen molar-refractivity contribution in [2.24, 2.45) is 0 Å². The maximum absolute atomic E-state index is 5.30. The molecule has 0 saturated heterocycles. The van der Waals surface area contributed by atoms with Crippen LogP contribution >= 0.6 is 28.1 Å². The van der Waals surface area contributed by atoms with E-state index in [1.165, 1.54) is 11.3 Å². The first-order valence-corrected chi connectivity index (χ1v) is 6.39. The number of imidazole rings is 1. The highest BCUT2D eigenvalue weighted by molar-refractivity contribution is 9.10. The van der Waals surface area contributed by atoms with Gasteiger partial charge in [-0.25, -0.2) is 0 Å². The van der Waals surface area contributed by atoms with Gasteiger partial charge >= 0.3 is 0 Å². The van der Waals surface area contributed by atoms with Crippen molar-refractivity contribution in [3.05, 3.63) is 44.9 Å². The number of nitrogens with one attached hydrogen (secondary N) is 1. The number of rotatable bonds is 2. The smallest absolute Gasteiger partial charge is 0.182 e. The second-order valence-electron chi connectivity index (χ2n) is 3.76. The molecule has 0 amide bonds. The molecule has 1 aromatic heterocycles. The van der Waals surface area contributed by atoms with Crippen molar-refractivity contribution in [3.63, 3.8) is 0 Å². The van der Waals surface area contributed by atoms with Crippen LogP contribution in [0.4, 0.5) is 0 Å². The van der Waals surface area contributed by atoms with Crippen LogP contribution in [0.15, 0.2) is 28.9 Å². The molecule has 0 aliphatic carbocycles. The number of H-pyrrole nitrogens is 1. The number of hydrogen-bond acceptors (Lipinski definition) is 1. The highest BCUT2D eigenvalue weighted by Crippen LogP contribution is 2.20. The van der Waals surface area contributed by atoms with Crippen LogP contribution in [0.3, 0.4) is 0 Å². The maximum atomic E-state index is 5.30. The van der Waals surface area contributed by atoms with Gasteiger partial charge in [0.15, 0.2) is 4.77 Å². The van der Waals surface area contributed by atoms with E-state index in [4.69, 9.17) is 12.2 Å². The number of benzene rings is 1. The molecule has 0 saturated carbocycles. The Balaban J connectivity index is 2.66. The minimum Gasteiger partial charge on any atom is -0.337 e. The standard InChI is InChI=1S/C12H13BrN2S/c1-3-10-7-14-12(16)15(10)11-5-8(2)4-9(13)6-11/h4-7H,3H2,1-2H3,(H,14,16). The van der Waals surface area contributed by atoms with Crippen molar-refractivity contribution in [1.82, 2.24) is 9.55 Å². The summed E-state index contributed by atoms with van der Waals surface area (Å²) in [6.45, 7) is 4.20. The Morgan fingerprint density at radius 2 is 2.12 bits per heavy atom. The predicted molar refractivity (Wildman–Crippen MR) is 72.8 cm³/mol. The Hall–Kier alpha value is -0.870. The molecule has 4 heteroatoms. The molecule has 1 heterocycles. The van der Waals surface area contributed by atoms with Crippen molar-refractivity contribution in [3.8, 4) is 5.69 Å². The average molecular weight is 297 g/mol. The summed E-state index contributed by atoms with van der Waals surface area (Å²) >= 11 is 8.81. The van der Waals surface area contributed by atoms with Gasteiger partial charge in [0.2, 0.25) is 0 Å². The second kappa shape index (κ2) is 4.55. The zero-order valence-electron chi connectivity index (χ0n) is 9.25. The summed E-state index contributed by atoms with van der Waals surface area (Å²) in [6, 6.07) is 6.30. The van der Waals surface area contributed by atoms with E-state index in [-0.39, 0.29) is 0 Å².